The molecule has 0 saturated heterocycles. The molecule has 0 aliphatic rings. The molecule has 0 fully saturated rings. The van der Waals surface area contributed by atoms with E-state index >= 15 is 4.39 Å². The molecule has 2 aromatic carbocycles. The van der Waals surface area contributed by atoms with E-state index in [1.807, 2.05) is 0 Å². The normalized spacial score (nSPS) is 9.73. The molecule has 0 bridgehead atoms. The summed E-state index contributed by atoms with van der Waals surface area (Å²) in [7, 11) is 0. The van der Waals surface area contributed by atoms with Crippen LogP contribution in [-0.4, -0.2) is 23.9 Å². The monoisotopic (exact) mass is 452 g/mol. The van der Waals surface area contributed by atoms with E-state index in [9.17, 15) is 19.2 Å². The van der Waals surface area contributed by atoms with Gasteiger partial charge in [0.1, 0.15) is 5.75 Å². The minimum atomic E-state index is -1.000. The summed E-state index contributed by atoms with van der Waals surface area (Å²) in [5, 5.41) is 0. The third-order valence-corrected chi connectivity index (χ3v) is 3.78. The van der Waals surface area contributed by atoms with Crippen LogP contribution in [0.25, 0.3) is 11.1 Å². The number of carbonyl (C=O) groups is 4. The zero-order valence-corrected chi connectivity index (χ0v) is 17.2. The second-order valence-corrected chi connectivity index (χ2v) is 5.95. The van der Waals surface area contributed by atoms with Crippen molar-refractivity contribution in [3.8, 4) is 34.1 Å². The van der Waals surface area contributed by atoms with Crippen LogP contribution in [-0.2, 0) is 19.2 Å². The minimum Gasteiger partial charge on any atom is -0.423 e. The topological polar surface area (TPSA) is 105 Å². The molecule has 2 rings (SSSR count). The van der Waals surface area contributed by atoms with Crippen molar-refractivity contribution >= 4 is 23.9 Å². The SMILES string of the molecule is C=CC(=O)Oc1cc(OC(=O)C=C)c(F)c(-c2ccc(OC(=O)C=C)c(OC(=O)C=C)c2)c1. The minimum absolute atomic E-state index is 0.0881. The van der Waals surface area contributed by atoms with Crippen LogP contribution in [0.5, 0.6) is 23.0 Å². The Bertz CT molecular complexity index is 1180. The fraction of sp³-hybridized carbons (Fsp3) is 0. The van der Waals surface area contributed by atoms with Crippen LogP contribution < -0.4 is 18.9 Å². The van der Waals surface area contributed by atoms with Crippen LogP contribution in [0.3, 0.4) is 0 Å². The maximum atomic E-state index is 15.2. The summed E-state index contributed by atoms with van der Waals surface area (Å²) in [5.41, 5.74) is -0.112. The number of carbonyl (C=O) groups excluding carboxylic acids is 4. The number of ether oxygens (including phenoxy) is 4. The summed E-state index contributed by atoms with van der Waals surface area (Å²) in [5.74, 6) is -5.65. The molecule has 0 saturated carbocycles. The van der Waals surface area contributed by atoms with E-state index in [2.05, 4.69) is 26.3 Å². The lowest BCUT2D eigenvalue weighted by Crippen LogP contribution is -2.09. The van der Waals surface area contributed by atoms with Crippen molar-refractivity contribution in [2.75, 3.05) is 0 Å². The first kappa shape index (κ1) is 24.5. The van der Waals surface area contributed by atoms with Gasteiger partial charge in [-0.25, -0.2) is 23.6 Å². The largest absolute Gasteiger partial charge is 0.423 e. The summed E-state index contributed by atoms with van der Waals surface area (Å²) < 4.78 is 35.2. The van der Waals surface area contributed by atoms with Crippen molar-refractivity contribution < 1.29 is 42.5 Å². The highest BCUT2D eigenvalue weighted by molar-refractivity contribution is 5.88. The maximum absolute atomic E-state index is 15.2. The Morgan fingerprint density at radius 2 is 1.12 bits per heavy atom. The molecule has 0 unspecified atom stereocenters. The van der Waals surface area contributed by atoms with E-state index < -0.39 is 35.4 Å². The Labute approximate surface area is 187 Å². The van der Waals surface area contributed by atoms with Gasteiger partial charge in [-0.15, -0.1) is 0 Å². The van der Waals surface area contributed by atoms with E-state index in [-0.39, 0.29) is 28.4 Å². The van der Waals surface area contributed by atoms with Crippen molar-refractivity contribution in [3.63, 3.8) is 0 Å². The summed E-state index contributed by atoms with van der Waals surface area (Å²) in [6.07, 6.45) is 3.46. The number of halogens is 1. The van der Waals surface area contributed by atoms with Crippen LogP contribution >= 0.6 is 0 Å². The summed E-state index contributed by atoms with van der Waals surface area (Å²) in [6.45, 7) is 13.1. The van der Waals surface area contributed by atoms with Gasteiger partial charge in [0.15, 0.2) is 23.1 Å². The molecule has 33 heavy (non-hydrogen) atoms. The van der Waals surface area contributed by atoms with Crippen LogP contribution in [0.4, 0.5) is 4.39 Å². The predicted octanol–water partition coefficient (Wildman–Crippen LogP) is 3.86. The van der Waals surface area contributed by atoms with E-state index in [4.69, 9.17) is 18.9 Å². The fourth-order valence-corrected chi connectivity index (χ4v) is 2.36. The lowest BCUT2D eigenvalue weighted by atomic mass is 10.0. The molecular formula is C24H17FO8. The van der Waals surface area contributed by atoms with Gasteiger partial charge in [-0.05, 0) is 23.8 Å². The van der Waals surface area contributed by atoms with E-state index in [0.717, 1.165) is 36.4 Å². The Hall–Kier alpha value is -4.79. The zero-order valence-electron chi connectivity index (χ0n) is 17.2. The smallest absolute Gasteiger partial charge is 0.335 e. The Balaban J connectivity index is 2.67. The summed E-state index contributed by atoms with van der Waals surface area (Å²) in [4.78, 5) is 46.5. The number of hydrogen-bond acceptors (Lipinski definition) is 8. The van der Waals surface area contributed by atoms with Crippen LogP contribution in [0, 0.1) is 5.82 Å². The second-order valence-electron chi connectivity index (χ2n) is 5.95. The molecular weight excluding hydrogens is 435 g/mol. The van der Waals surface area contributed by atoms with Crippen molar-refractivity contribution in [1.29, 1.82) is 0 Å². The van der Waals surface area contributed by atoms with Crippen molar-refractivity contribution in [2.45, 2.75) is 0 Å². The molecule has 168 valence electrons. The third-order valence-electron chi connectivity index (χ3n) is 3.78. The molecule has 0 aliphatic heterocycles. The van der Waals surface area contributed by atoms with Gasteiger partial charge in [0.05, 0.1) is 0 Å². The van der Waals surface area contributed by atoms with Crippen LogP contribution in [0.1, 0.15) is 0 Å². The third kappa shape index (κ3) is 6.34. The van der Waals surface area contributed by atoms with Gasteiger partial charge >= 0.3 is 23.9 Å². The van der Waals surface area contributed by atoms with Gasteiger partial charge < -0.3 is 18.9 Å². The molecule has 0 aromatic heterocycles. The molecule has 0 radical (unpaired) electrons. The van der Waals surface area contributed by atoms with Crippen LogP contribution in [0.2, 0.25) is 0 Å². The Morgan fingerprint density at radius 1 is 0.636 bits per heavy atom. The molecule has 8 nitrogen and oxygen atoms in total. The first-order chi connectivity index (χ1) is 15.7. The number of hydrogen-bond donors (Lipinski definition) is 0. The number of esters is 4. The molecule has 0 amide bonds. The first-order valence-corrected chi connectivity index (χ1v) is 9.07. The van der Waals surface area contributed by atoms with Gasteiger partial charge in [0.2, 0.25) is 0 Å². The number of rotatable bonds is 9. The molecule has 2 aromatic rings. The van der Waals surface area contributed by atoms with Gasteiger partial charge in [0.25, 0.3) is 0 Å². The molecule has 0 aliphatic carbocycles. The predicted molar refractivity (Wildman–Crippen MR) is 115 cm³/mol. The van der Waals surface area contributed by atoms with E-state index in [0.29, 0.717) is 0 Å². The standard InChI is InChI=1S/C24H17FO8/c1-5-20(26)30-15-12-16(24(25)19(13-15)33-23(29)8-4)14-9-10-17(31-21(27)6-2)18(11-14)32-22(28)7-3/h5-13H,1-4H2. The molecule has 0 N–H and O–H groups in total. The van der Waals surface area contributed by atoms with E-state index in [1.54, 1.807) is 0 Å². The number of benzene rings is 2. The molecule has 0 atom stereocenters. The zero-order chi connectivity index (χ0) is 24.5. The average Bonchev–Trinajstić information content (AvgIpc) is 2.81. The lowest BCUT2D eigenvalue weighted by molar-refractivity contribution is -0.131. The lowest BCUT2D eigenvalue weighted by Gasteiger charge is -2.14. The van der Waals surface area contributed by atoms with Crippen molar-refractivity contribution in [2.24, 2.45) is 0 Å². The van der Waals surface area contributed by atoms with Crippen LogP contribution in [0.15, 0.2) is 81.0 Å². The highest BCUT2D eigenvalue weighted by Crippen LogP contribution is 2.38. The molecule has 0 heterocycles. The molecule has 0 spiro atoms. The van der Waals surface area contributed by atoms with Gasteiger partial charge in [0, 0.05) is 35.9 Å². The highest BCUT2D eigenvalue weighted by Gasteiger charge is 2.20. The second kappa shape index (κ2) is 11.0. The van der Waals surface area contributed by atoms with Gasteiger partial charge in [-0.3, -0.25) is 0 Å². The summed E-state index contributed by atoms with van der Waals surface area (Å²) in [6, 6.07) is 5.88. The van der Waals surface area contributed by atoms with Gasteiger partial charge in [-0.2, -0.15) is 0 Å². The Morgan fingerprint density at radius 3 is 1.67 bits per heavy atom. The van der Waals surface area contributed by atoms with Crippen molar-refractivity contribution in [1.82, 2.24) is 0 Å². The average molecular weight is 452 g/mol. The fourth-order valence-electron chi connectivity index (χ4n) is 2.36. The quantitative estimate of drug-likeness (QED) is 0.321. The Kier molecular flexibility index (Phi) is 8.16. The first-order valence-electron chi connectivity index (χ1n) is 9.07. The molecule has 9 heteroatoms. The van der Waals surface area contributed by atoms with Gasteiger partial charge in [-0.1, -0.05) is 32.4 Å². The van der Waals surface area contributed by atoms with Crippen molar-refractivity contribution in [3.05, 3.63) is 86.8 Å². The maximum Gasteiger partial charge on any atom is 0.335 e. The highest BCUT2D eigenvalue weighted by atomic mass is 19.1. The van der Waals surface area contributed by atoms with E-state index in [1.165, 1.54) is 18.2 Å². The summed E-state index contributed by atoms with van der Waals surface area (Å²) >= 11 is 0.